The molecule has 0 radical (unpaired) electrons. The first-order valence-corrected chi connectivity index (χ1v) is 7.17. The van der Waals surface area contributed by atoms with Crippen LogP contribution in [0.4, 0.5) is 0 Å². The SMILES string of the molecule is CCc1ccc(CNC(=O)[C@@H]2CCCNC2)s1.Cl. The number of amides is 1. The Morgan fingerprint density at radius 3 is 2.89 bits per heavy atom. The molecule has 1 saturated heterocycles. The number of thiophene rings is 1. The van der Waals surface area contributed by atoms with E-state index in [0.717, 1.165) is 32.4 Å². The monoisotopic (exact) mass is 288 g/mol. The molecule has 1 aliphatic rings. The first kappa shape index (κ1) is 15.5. The highest BCUT2D eigenvalue weighted by Gasteiger charge is 2.20. The van der Waals surface area contributed by atoms with Crippen molar-refractivity contribution < 1.29 is 4.79 Å². The summed E-state index contributed by atoms with van der Waals surface area (Å²) in [5.41, 5.74) is 0. The second kappa shape index (κ2) is 7.77. The number of carbonyl (C=O) groups excluding carboxylic acids is 1. The Morgan fingerprint density at radius 1 is 1.50 bits per heavy atom. The minimum Gasteiger partial charge on any atom is -0.351 e. The number of nitrogens with one attached hydrogen (secondary N) is 2. The lowest BCUT2D eigenvalue weighted by molar-refractivity contribution is -0.125. The molecule has 1 fully saturated rings. The van der Waals surface area contributed by atoms with Crippen molar-refractivity contribution in [3.8, 4) is 0 Å². The van der Waals surface area contributed by atoms with Gasteiger partial charge in [-0.3, -0.25) is 4.79 Å². The minimum absolute atomic E-state index is 0. The number of rotatable bonds is 4. The average molecular weight is 289 g/mol. The Labute approximate surface area is 119 Å². The fourth-order valence-electron chi connectivity index (χ4n) is 2.10. The molecule has 102 valence electrons. The third-order valence-electron chi connectivity index (χ3n) is 3.17. The zero-order chi connectivity index (χ0) is 12.1. The van der Waals surface area contributed by atoms with E-state index in [4.69, 9.17) is 0 Å². The van der Waals surface area contributed by atoms with Crippen LogP contribution in [-0.2, 0) is 17.8 Å². The summed E-state index contributed by atoms with van der Waals surface area (Å²) in [6.45, 7) is 4.72. The summed E-state index contributed by atoms with van der Waals surface area (Å²) >= 11 is 1.79. The van der Waals surface area contributed by atoms with Crippen molar-refractivity contribution in [3.63, 3.8) is 0 Å². The van der Waals surface area contributed by atoms with Crippen LogP contribution >= 0.6 is 23.7 Å². The van der Waals surface area contributed by atoms with Crippen LogP contribution in [0.5, 0.6) is 0 Å². The van der Waals surface area contributed by atoms with Crippen molar-refractivity contribution in [2.45, 2.75) is 32.7 Å². The summed E-state index contributed by atoms with van der Waals surface area (Å²) in [7, 11) is 0. The van der Waals surface area contributed by atoms with Crippen LogP contribution in [0.3, 0.4) is 0 Å². The molecule has 0 aromatic carbocycles. The predicted octanol–water partition coefficient (Wildman–Crippen LogP) is 2.35. The molecule has 2 N–H and O–H groups in total. The molecular weight excluding hydrogens is 268 g/mol. The molecule has 1 aliphatic heterocycles. The Balaban J connectivity index is 0.00000162. The number of hydrogen-bond donors (Lipinski definition) is 2. The number of carbonyl (C=O) groups is 1. The fourth-order valence-corrected chi connectivity index (χ4v) is 3.00. The van der Waals surface area contributed by atoms with Crippen LogP contribution in [-0.4, -0.2) is 19.0 Å². The van der Waals surface area contributed by atoms with E-state index in [2.05, 4.69) is 29.7 Å². The van der Waals surface area contributed by atoms with Gasteiger partial charge < -0.3 is 10.6 Å². The van der Waals surface area contributed by atoms with E-state index < -0.39 is 0 Å². The van der Waals surface area contributed by atoms with E-state index >= 15 is 0 Å². The number of hydrogen-bond acceptors (Lipinski definition) is 3. The van der Waals surface area contributed by atoms with Gasteiger partial charge in [-0.15, -0.1) is 23.7 Å². The number of halogens is 1. The largest absolute Gasteiger partial charge is 0.351 e. The molecule has 1 aromatic rings. The molecule has 2 heterocycles. The molecule has 0 unspecified atom stereocenters. The summed E-state index contributed by atoms with van der Waals surface area (Å²) < 4.78 is 0. The lowest BCUT2D eigenvalue weighted by Gasteiger charge is -2.21. The maximum atomic E-state index is 11.9. The van der Waals surface area contributed by atoms with Crippen molar-refractivity contribution in [3.05, 3.63) is 21.9 Å². The quantitative estimate of drug-likeness (QED) is 0.893. The highest BCUT2D eigenvalue weighted by molar-refractivity contribution is 7.11. The first-order chi connectivity index (χ1) is 8.29. The molecular formula is C13H21ClN2OS. The lowest BCUT2D eigenvalue weighted by atomic mass is 9.99. The normalized spacial score (nSPS) is 19.1. The van der Waals surface area contributed by atoms with E-state index in [1.807, 2.05) is 0 Å². The number of aryl methyl sites for hydroxylation is 1. The Morgan fingerprint density at radius 2 is 2.28 bits per heavy atom. The predicted molar refractivity (Wildman–Crippen MR) is 78.4 cm³/mol. The zero-order valence-corrected chi connectivity index (χ0v) is 12.3. The first-order valence-electron chi connectivity index (χ1n) is 6.35. The van der Waals surface area contributed by atoms with Gasteiger partial charge in [-0.05, 0) is 37.9 Å². The Bertz CT molecular complexity index is 375. The Hall–Kier alpha value is -0.580. The minimum atomic E-state index is 0. The molecule has 1 atom stereocenters. The van der Waals surface area contributed by atoms with E-state index in [1.54, 1.807) is 11.3 Å². The smallest absolute Gasteiger partial charge is 0.224 e. The van der Waals surface area contributed by atoms with Crippen molar-refractivity contribution >= 4 is 29.7 Å². The third-order valence-corrected chi connectivity index (χ3v) is 4.40. The zero-order valence-electron chi connectivity index (χ0n) is 10.7. The van der Waals surface area contributed by atoms with Crippen LogP contribution in [0.15, 0.2) is 12.1 Å². The molecule has 18 heavy (non-hydrogen) atoms. The van der Waals surface area contributed by atoms with Gasteiger partial charge in [0, 0.05) is 16.3 Å². The molecule has 0 aliphatic carbocycles. The maximum Gasteiger partial charge on any atom is 0.224 e. The van der Waals surface area contributed by atoms with Crippen LogP contribution in [0.25, 0.3) is 0 Å². The van der Waals surface area contributed by atoms with Crippen LogP contribution in [0.2, 0.25) is 0 Å². The van der Waals surface area contributed by atoms with Crippen molar-refractivity contribution in [2.24, 2.45) is 5.92 Å². The van der Waals surface area contributed by atoms with Gasteiger partial charge in [-0.1, -0.05) is 6.92 Å². The van der Waals surface area contributed by atoms with Crippen molar-refractivity contribution in [2.75, 3.05) is 13.1 Å². The van der Waals surface area contributed by atoms with E-state index in [-0.39, 0.29) is 24.2 Å². The topological polar surface area (TPSA) is 41.1 Å². The van der Waals surface area contributed by atoms with Gasteiger partial charge in [0.25, 0.3) is 0 Å². The Kier molecular flexibility index (Phi) is 6.68. The second-order valence-electron chi connectivity index (χ2n) is 4.48. The van der Waals surface area contributed by atoms with Gasteiger partial charge in [0.15, 0.2) is 0 Å². The molecule has 0 spiro atoms. The van der Waals surface area contributed by atoms with Crippen molar-refractivity contribution in [1.82, 2.24) is 10.6 Å². The maximum absolute atomic E-state index is 11.9. The van der Waals surface area contributed by atoms with Crippen LogP contribution in [0, 0.1) is 5.92 Å². The van der Waals surface area contributed by atoms with Gasteiger partial charge in [-0.25, -0.2) is 0 Å². The van der Waals surface area contributed by atoms with Gasteiger partial charge in [0.1, 0.15) is 0 Å². The molecule has 5 heteroatoms. The highest BCUT2D eigenvalue weighted by Crippen LogP contribution is 2.17. The molecule has 3 nitrogen and oxygen atoms in total. The summed E-state index contributed by atoms with van der Waals surface area (Å²) in [5, 5.41) is 6.31. The molecule has 0 bridgehead atoms. The van der Waals surface area contributed by atoms with Crippen LogP contribution < -0.4 is 10.6 Å². The molecule has 2 rings (SSSR count). The summed E-state index contributed by atoms with van der Waals surface area (Å²) in [4.78, 5) is 14.5. The van der Waals surface area contributed by atoms with Crippen LogP contribution in [0.1, 0.15) is 29.5 Å². The number of piperidine rings is 1. The summed E-state index contributed by atoms with van der Waals surface area (Å²) in [5.74, 6) is 0.359. The second-order valence-corrected chi connectivity index (χ2v) is 5.74. The average Bonchev–Trinajstić information content (AvgIpc) is 2.85. The van der Waals surface area contributed by atoms with Gasteiger partial charge in [-0.2, -0.15) is 0 Å². The van der Waals surface area contributed by atoms with Gasteiger partial charge in [0.2, 0.25) is 5.91 Å². The van der Waals surface area contributed by atoms with Gasteiger partial charge >= 0.3 is 0 Å². The molecule has 0 saturated carbocycles. The molecule has 1 aromatic heterocycles. The van der Waals surface area contributed by atoms with Gasteiger partial charge in [0.05, 0.1) is 12.5 Å². The van der Waals surface area contributed by atoms with E-state index in [9.17, 15) is 4.79 Å². The summed E-state index contributed by atoms with van der Waals surface area (Å²) in [6, 6.07) is 4.26. The summed E-state index contributed by atoms with van der Waals surface area (Å²) in [6.07, 6.45) is 3.20. The fraction of sp³-hybridized carbons (Fsp3) is 0.615. The third kappa shape index (κ3) is 4.26. The standard InChI is InChI=1S/C13H20N2OS.ClH/c1-2-11-5-6-12(17-11)9-15-13(16)10-4-3-7-14-8-10;/h5-6,10,14H,2-4,7-9H2,1H3,(H,15,16);1H/t10-;/m1./s1. The highest BCUT2D eigenvalue weighted by atomic mass is 35.5. The van der Waals surface area contributed by atoms with E-state index in [1.165, 1.54) is 9.75 Å². The molecule has 1 amide bonds. The van der Waals surface area contributed by atoms with E-state index in [0.29, 0.717) is 6.54 Å². The van der Waals surface area contributed by atoms with Crippen molar-refractivity contribution in [1.29, 1.82) is 0 Å². The lowest BCUT2D eigenvalue weighted by Crippen LogP contribution is -2.40.